The lowest BCUT2D eigenvalue weighted by atomic mass is 10.3. The highest BCUT2D eigenvalue weighted by Crippen LogP contribution is 1.92. The van der Waals surface area contributed by atoms with E-state index in [9.17, 15) is 9.59 Å². The third kappa shape index (κ3) is 4.72. The highest BCUT2D eigenvalue weighted by atomic mass is 16.6. The molecule has 0 atom stereocenters. The van der Waals surface area contributed by atoms with E-state index in [1.807, 2.05) is 0 Å². The Labute approximate surface area is 81.2 Å². The van der Waals surface area contributed by atoms with Gasteiger partial charge in [0.1, 0.15) is 24.9 Å². The van der Waals surface area contributed by atoms with Gasteiger partial charge in [0, 0.05) is 6.08 Å². The van der Waals surface area contributed by atoms with E-state index < -0.39 is 11.9 Å². The first-order chi connectivity index (χ1) is 6.61. The minimum absolute atomic E-state index is 0.0741. The van der Waals surface area contributed by atoms with Crippen LogP contribution in [0.2, 0.25) is 0 Å². The molecule has 0 aliphatic heterocycles. The van der Waals surface area contributed by atoms with Crippen LogP contribution < -0.4 is 0 Å². The van der Waals surface area contributed by atoms with Gasteiger partial charge in [0.25, 0.3) is 0 Å². The molecule has 0 heterocycles. The zero-order valence-corrected chi connectivity index (χ0v) is 7.49. The van der Waals surface area contributed by atoms with Crippen LogP contribution in [-0.4, -0.2) is 25.2 Å². The van der Waals surface area contributed by atoms with Crippen molar-refractivity contribution in [2.45, 2.75) is 0 Å². The molecule has 0 aliphatic rings. The first-order valence-corrected chi connectivity index (χ1v) is 3.67. The second kappa shape index (κ2) is 6.43. The molecule has 0 aromatic heterocycles. The summed E-state index contributed by atoms with van der Waals surface area (Å²) >= 11 is 0. The molecule has 0 N–H and O–H groups in total. The summed E-state index contributed by atoms with van der Waals surface area (Å²) in [5, 5.41) is 8.24. The fourth-order valence-electron chi connectivity index (χ4n) is 0.468. The molecule has 0 radical (unpaired) electrons. The van der Waals surface area contributed by atoms with Gasteiger partial charge in [0.05, 0.1) is 0 Å². The molecule has 0 bridgehead atoms. The van der Waals surface area contributed by atoms with Crippen molar-refractivity contribution in [2.75, 3.05) is 13.2 Å². The van der Waals surface area contributed by atoms with Gasteiger partial charge < -0.3 is 9.47 Å². The Hall–Kier alpha value is -2.09. The molecule has 74 valence electrons. The van der Waals surface area contributed by atoms with Crippen LogP contribution in [0.4, 0.5) is 0 Å². The topological polar surface area (TPSA) is 76.4 Å². The molecule has 0 aromatic rings. The molecular weight excluding hydrogens is 186 g/mol. The van der Waals surface area contributed by atoms with Gasteiger partial charge in [-0.3, -0.25) is 0 Å². The molecule has 0 spiro atoms. The molecule has 0 unspecified atom stereocenters. The molecule has 0 amide bonds. The number of hydrogen-bond acceptors (Lipinski definition) is 5. The quantitative estimate of drug-likeness (QED) is 0.273. The standard InChI is InChI=1S/C9H9NO4/c1-3-8(11)13-4-5-14-9(12)7(2)6-10/h3H,1-2,4-5H2. The molecule has 0 saturated heterocycles. The number of ether oxygens (including phenoxy) is 2. The summed E-state index contributed by atoms with van der Waals surface area (Å²) in [7, 11) is 0. The zero-order chi connectivity index (χ0) is 11.0. The Morgan fingerprint density at radius 2 is 1.93 bits per heavy atom. The third-order valence-electron chi connectivity index (χ3n) is 1.11. The first kappa shape index (κ1) is 11.9. The highest BCUT2D eigenvalue weighted by Gasteiger charge is 2.06. The van der Waals surface area contributed by atoms with Gasteiger partial charge in [-0.1, -0.05) is 13.2 Å². The number of carbonyl (C=O) groups is 2. The monoisotopic (exact) mass is 195 g/mol. The summed E-state index contributed by atoms with van der Waals surface area (Å²) in [4.78, 5) is 21.3. The Kier molecular flexibility index (Phi) is 5.47. The lowest BCUT2D eigenvalue weighted by molar-refractivity contribution is -0.146. The number of carbonyl (C=O) groups excluding carboxylic acids is 2. The number of hydrogen-bond donors (Lipinski definition) is 0. The molecule has 0 aliphatic carbocycles. The molecule has 14 heavy (non-hydrogen) atoms. The maximum atomic E-state index is 10.8. The van der Waals surface area contributed by atoms with E-state index in [2.05, 4.69) is 22.6 Å². The van der Waals surface area contributed by atoms with E-state index in [1.165, 1.54) is 6.07 Å². The SMILES string of the molecule is C=CC(=O)OCCOC(=O)C(=C)C#N. The normalized spacial score (nSPS) is 8.21. The van der Waals surface area contributed by atoms with Gasteiger partial charge in [-0.2, -0.15) is 5.26 Å². The van der Waals surface area contributed by atoms with E-state index in [0.29, 0.717) is 0 Å². The fraction of sp³-hybridized carbons (Fsp3) is 0.222. The lowest BCUT2D eigenvalue weighted by Crippen LogP contribution is -2.13. The van der Waals surface area contributed by atoms with Gasteiger partial charge in [-0.05, 0) is 0 Å². The first-order valence-electron chi connectivity index (χ1n) is 3.67. The minimum Gasteiger partial charge on any atom is -0.459 e. The zero-order valence-electron chi connectivity index (χ0n) is 7.49. The summed E-state index contributed by atoms with van der Waals surface area (Å²) in [5.41, 5.74) is -0.292. The molecule has 5 heteroatoms. The van der Waals surface area contributed by atoms with E-state index >= 15 is 0 Å². The molecular formula is C9H9NO4. The molecule has 0 aromatic carbocycles. The summed E-state index contributed by atoms with van der Waals surface area (Å²) in [6.45, 7) is 6.13. The van der Waals surface area contributed by atoms with Crippen molar-refractivity contribution in [3.05, 3.63) is 24.8 Å². The van der Waals surface area contributed by atoms with Crippen LogP contribution in [0.25, 0.3) is 0 Å². The molecule has 0 fully saturated rings. The highest BCUT2D eigenvalue weighted by molar-refractivity contribution is 5.91. The number of nitriles is 1. The maximum absolute atomic E-state index is 10.8. The van der Waals surface area contributed by atoms with Crippen molar-refractivity contribution >= 4 is 11.9 Å². The smallest absolute Gasteiger partial charge is 0.348 e. The van der Waals surface area contributed by atoms with Crippen LogP contribution >= 0.6 is 0 Å². The average Bonchev–Trinajstić information content (AvgIpc) is 2.22. The van der Waals surface area contributed by atoms with Gasteiger partial charge in [-0.25, -0.2) is 9.59 Å². The fourth-order valence-corrected chi connectivity index (χ4v) is 0.468. The van der Waals surface area contributed by atoms with Crippen molar-refractivity contribution in [3.8, 4) is 6.07 Å². The largest absolute Gasteiger partial charge is 0.459 e. The van der Waals surface area contributed by atoms with Crippen molar-refractivity contribution < 1.29 is 19.1 Å². The van der Waals surface area contributed by atoms with Crippen LogP contribution in [-0.2, 0) is 19.1 Å². The summed E-state index contributed by atoms with van der Waals surface area (Å²) < 4.78 is 9.03. The van der Waals surface area contributed by atoms with Crippen LogP contribution in [0.3, 0.4) is 0 Å². The number of nitrogens with zero attached hydrogens (tertiary/aromatic N) is 1. The van der Waals surface area contributed by atoms with Crippen molar-refractivity contribution in [1.29, 1.82) is 5.26 Å². The predicted molar refractivity (Wildman–Crippen MR) is 46.9 cm³/mol. The Morgan fingerprint density at radius 3 is 2.43 bits per heavy atom. The summed E-state index contributed by atoms with van der Waals surface area (Å²) in [5.74, 6) is -1.41. The lowest BCUT2D eigenvalue weighted by Gasteiger charge is -2.02. The Bertz CT molecular complexity index is 300. The van der Waals surface area contributed by atoms with Crippen molar-refractivity contribution in [3.63, 3.8) is 0 Å². The van der Waals surface area contributed by atoms with Crippen molar-refractivity contribution in [1.82, 2.24) is 0 Å². The Morgan fingerprint density at radius 1 is 1.36 bits per heavy atom. The number of esters is 2. The van der Waals surface area contributed by atoms with Crippen LogP contribution in [0.5, 0.6) is 0 Å². The second-order valence-corrected chi connectivity index (χ2v) is 2.10. The molecule has 5 nitrogen and oxygen atoms in total. The maximum Gasteiger partial charge on any atom is 0.348 e. The van der Waals surface area contributed by atoms with Crippen LogP contribution in [0.15, 0.2) is 24.8 Å². The van der Waals surface area contributed by atoms with Crippen molar-refractivity contribution in [2.24, 2.45) is 0 Å². The predicted octanol–water partition coefficient (Wildman–Crippen LogP) is 0.339. The van der Waals surface area contributed by atoms with Crippen LogP contribution in [0.1, 0.15) is 0 Å². The van der Waals surface area contributed by atoms with E-state index in [4.69, 9.17) is 5.26 Å². The minimum atomic E-state index is -0.817. The van der Waals surface area contributed by atoms with E-state index in [1.54, 1.807) is 0 Å². The van der Waals surface area contributed by atoms with E-state index in [-0.39, 0.29) is 18.8 Å². The van der Waals surface area contributed by atoms with Gasteiger partial charge >= 0.3 is 11.9 Å². The second-order valence-electron chi connectivity index (χ2n) is 2.10. The van der Waals surface area contributed by atoms with Gasteiger partial charge in [0.15, 0.2) is 0 Å². The summed E-state index contributed by atoms with van der Waals surface area (Å²) in [6, 6.07) is 1.53. The third-order valence-corrected chi connectivity index (χ3v) is 1.11. The molecule has 0 rings (SSSR count). The van der Waals surface area contributed by atoms with Gasteiger partial charge in [0.2, 0.25) is 0 Å². The van der Waals surface area contributed by atoms with E-state index in [0.717, 1.165) is 6.08 Å². The number of rotatable bonds is 5. The van der Waals surface area contributed by atoms with Crippen LogP contribution in [0, 0.1) is 11.3 Å². The Balaban J connectivity index is 3.61. The average molecular weight is 195 g/mol. The molecule has 0 saturated carbocycles. The summed E-state index contributed by atoms with van der Waals surface area (Å²) in [6.07, 6.45) is 0.996. The van der Waals surface area contributed by atoms with Gasteiger partial charge in [-0.15, -0.1) is 0 Å².